The third-order valence-electron chi connectivity index (χ3n) is 3.37. The van der Waals surface area contributed by atoms with Gasteiger partial charge in [0.2, 0.25) is 0 Å². The molecule has 14 heavy (non-hydrogen) atoms. The summed E-state index contributed by atoms with van der Waals surface area (Å²) in [5, 5.41) is 3.78. The van der Waals surface area contributed by atoms with Crippen LogP contribution in [-0.2, 0) is 0 Å². The molecule has 0 aliphatic heterocycles. The van der Waals surface area contributed by atoms with Crippen molar-refractivity contribution in [1.82, 2.24) is 5.32 Å². The number of nitrogens with one attached hydrogen (secondary N) is 1. The van der Waals surface area contributed by atoms with Crippen molar-refractivity contribution in [3.05, 3.63) is 0 Å². The van der Waals surface area contributed by atoms with E-state index in [0.717, 1.165) is 12.1 Å². The van der Waals surface area contributed by atoms with Crippen molar-refractivity contribution < 1.29 is 0 Å². The largest absolute Gasteiger partial charge is 0.312 e. The van der Waals surface area contributed by atoms with Gasteiger partial charge < -0.3 is 5.32 Å². The minimum absolute atomic E-state index is 0.740. The highest BCUT2D eigenvalue weighted by Crippen LogP contribution is 2.18. The van der Waals surface area contributed by atoms with E-state index >= 15 is 0 Å². The first kappa shape index (κ1) is 12.0. The number of unbranched alkanes of at least 4 members (excludes halogenated alkanes) is 2. The Labute approximate surface area is 89.7 Å². The second kappa shape index (κ2) is 7.28. The highest BCUT2D eigenvalue weighted by atomic mass is 14.9. The Kier molecular flexibility index (Phi) is 6.25. The normalized spacial score (nSPS) is 21.0. The van der Waals surface area contributed by atoms with E-state index in [9.17, 15) is 0 Å². The van der Waals surface area contributed by atoms with Crippen LogP contribution in [0.3, 0.4) is 0 Å². The molecule has 0 unspecified atom stereocenters. The zero-order valence-electron chi connectivity index (χ0n) is 10.0. The van der Waals surface area contributed by atoms with Crippen LogP contribution in [0.2, 0.25) is 0 Å². The van der Waals surface area contributed by atoms with E-state index in [1.165, 1.54) is 57.8 Å². The van der Waals surface area contributed by atoms with Crippen molar-refractivity contribution in [2.24, 2.45) is 0 Å². The molecule has 1 fully saturated rings. The Hall–Kier alpha value is -0.0400. The van der Waals surface area contributed by atoms with E-state index in [0.29, 0.717) is 0 Å². The molecule has 84 valence electrons. The summed E-state index contributed by atoms with van der Waals surface area (Å²) < 4.78 is 0. The van der Waals surface area contributed by atoms with Crippen molar-refractivity contribution in [3.63, 3.8) is 0 Å². The summed E-state index contributed by atoms with van der Waals surface area (Å²) >= 11 is 0. The van der Waals surface area contributed by atoms with Crippen molar-refractivity contribution in [2.75, 3.05) is 0 Å². The molecule has 1 rings (SSSR count). The number of rotatable bonds is 6. The van der Waals surface area contributed by atoms with Gasteiger partial charge in [0.25, 0.3) is 0 Å². The van der Waals surface area contributed by atoms with Crippen LogP contribution in [0.1, 0.15) is 71.6 Å². The summed E-state index contributed by atoms with van der Waals surface area (Å²) in [6.07, 6.45) is 12.7. The Morgan fingerprint density at radius 3 is 2.50 bits per heavy atom. The lowest BCUT2D eigenvalue weighted by Gasteiger charge is -2.26. The molecular weight excluding hydrogens is 170 g/mol. The molecule has 0 bridgehead atoms. The van der Waals surface area contributed by atoms with Gasteiger partial charge in [0.1, 0.15) is 0 Å². The number of hydrogen-bond acceptors (Lipinski definition) is 1. The average molecular weight is 197 g/mol. The van der Waals surface area contributed by atoms with Crippen LogP contribution in [0.4, 0.5) is 0 Å². The highest BCUT2D eigenvalue weighted by Gasteiger charge is 2.14. The summed E-state index contributed by atoms with van der Waals surface area (Å²) in [6, 6.07) is 1.57. The summed E-state index contributed by atoms with van der Waals surface area (Å²) in [6.45, 7) is 4.63. The third-order valence-corrected chi connectivity index (χ3v) is 3.37. The van der Waals surface area contributed by atoms with Crippen LogP contribution in [-0.4, -0.2) is 12.1 Å². The van der Waals surface area contributed by atoms with Gasteiger partial charge in [-0.15, -0.1) is 0 Å². The summed E-state index contributed by atoms with van der Waals surface area (Å²) in [5.74, 6) is 0. The van der Waals surface area contributed by atoms with Gasteiger partial charge in [-0.1, -0.05) is 45.4 Å². The Bertz CT molecular complexity index is 127. The minimum Gasteiger partial charge on any atom is -0.312 e. The van der Waals surface area contributed by atoms with Gasteiger partial charge in [-0.05, 0) is 26.2 Å². The smallest absolute Gasteiger partial charge is 0.00695 e. The van der Waals surface area contributed by atoms with Crippen molar-refractivity contribution in [2.45, 2.75) is 83.7 Å². The van der Waals surface area contributed by atoms with Crippen LogP contribution in [0.5, 0.6) is 0 Å². The molecule has 0 aromatic carbocycles. The van der Waals surface area contributed by atoms with E-state index in [2.05, 4.69) is 19.2 Å². The molecule has 0 aromatic heterocycles. The van der Waals surface area contributed by atoms with Crippen LogP contribution in [0.25, 0.3) is 0 Å². The minimum atomic E-state index is 0.740. The summed E-state index contributed by atoms with van der Waals surface area (Å²) in [5.41, 5.74) is 0. The molecule has 1 aliphatic rings. The Morgan fingerprint density at radius 1 is 1.14 bits per heavy atom. The topological polar surface area (TPSA) is 12.0 Å². The second-order valence-electron chi connectivity index (χ2n) is 4.90. The lowest BCUT2D eigenvalue weighted by molar-refractivity contribution is 0.333. The molecule has 1 saturated carbocycles. The molecule has 1 N–H and O–H groups in total. The Morgan fingerprint density at radius 2 is 1.86 bits per heavy atom. The van der Waals surface area contributed by atoms with Gasteiger partial charge in [0, 0.05) is 12.1 Å². The molecule has 1 aliphatic carbocycles. The third kappa shape index (κ3) is 4.99. The Balaban J connectivity index is 2.03. The maximum absolute atomic E-state index is 3.78. The fourth-order valence-corrected chi connectivity index (χ4v) is 2.46. The van der Waals surface area contributed by atoms with Crippen LogP contribution < -0.4 is 5.32 Å². The monoisotopic (exact) mass is 197 g/mol. The van der Waals surface area contributed by atoms with E-state index in [1.807, 2.05) is 0 Å². The zero-order valence-corrected chi connectivity index (χ0v) is 10.0. The first-order valence-corrected chi connectivity index (χ1v) is 6.59. The molecule has 1 heteroatoms. The van der Waals surface area contributed by atoms with Crippen molar-refractivity contribution >= 4 is 0 Å². The number of hydrogen-bond donors (Lipinski definition) is 1. The molecule has 0 saturated heterocycles. The van der Waals surface area contributed by atoms with Crippen molar-refractivity contribution in [1.29, 1.82) is 0 Å². The SMILES string of the molecule is CCCCC[C@H](C)NC1CCCCC1. The van der Waals surface area contributed by atoms with Crippen LogP contribution in [0, 0.1) is 0 Å². The predicted octanol–water partition coefficient (Wildman–Crippen LogP) is 3.88. The maximum atomic E-state index is 3.78. The molecule has 0 aromatic rings. The molecule has 0 spiro atoms. The first-order valence-electron chi connectivity index (χ1n) is 6.59. The summed E-state index contributed by atoms with van der Waals surface area (Å²) in [7, 11) is 0. The molecule has 0 heterocycles. The molecule has 1 nitrogen and oxygen atoms in total. The molecule has 1 atom stereocenters. The van der Waals surface area contributed by atoms with Crippen molar-refractivity contribution in [3.8, 4) is 0 Å². The van der Waals surface area contributed by atoms with E-state index < -0.39 is 0 Å². The van der Waals surface area contributed by atoms with Gasteiger partial charge >= 0.3 is 0 Å². The first-order chi connectivity index (χ1) is 6.83. The van der Waals surface area contributed by atoms with Crippen LogP contribution >= 0.6 is 0 Å². The van der Waals surface area contributed by atoms with E-state index in [4.69, 9.17) is 0 Å². The van der Waals surface area contributed by atoms with Gasteiger partial charge in [-0.25, -0.2) is 0 Å². The zero-order chi connectivity index (χ0) is 10.2. The molecule has 0 amide bonds. The average Bonchev–Trinajstić information content (AvgIpc) is 2.20. The fourth-order valence-electron chi connectivity index (χ4n) is 2.46. The van der Waals surface area contributed by atoms with Gasteiger partial charge in [0.05, 0.1) is 0 Å². The van der Waals surface area contributed by atoms with Gasteiger partial charge in [0.15, 0.2) is 0 Å². The fraction of sp³-hybridized carbons (Fsp3) is 1.00. The quantitative estimate of drug-likeness (QED) is 0.637. The standard InChI is InChI=1S/C13H27N/c1-3-4-6-9-12(2)14-13-10-7-5-8-11-13/h12-14H,3-11H2,1-2H3/t12-/m0/s1. The lowest BCUT2D eigenvalue weighted by Crippen LogP contribution is -2.37. The summed E-state index contributed by atoms with van der Waals surface area (Å²) in [4.78, 5) is 0. The molecule has 0 radical (unpaired) electrons. The highest BCUT2D eigenvalue weighted by molar-refractivity contribution is 4.75. The lowest BCUT2D eigenvalue weighted by atomic mass is 9.94. The maximum Gasteiger partial charge on any atom is 0.00695 e. The van der Waals surface area contributed by atoms with Gasteiger partial charge in [-0.3, -0.25) is 0 Å². The van der Waals surface area contributed by atoms with Gasteiger partial charge in [-0.2, -0.15) is 0 Å². The van der Waals surface area contributed by atoms with E-state index in [1.54, 1.807) is 0 Å². The molecular formula is C13H27N. The van der Waals surface area contributed by atoms with E-state index in [-0.39, 0.29) is 0 Å². The van der Waals surface area contributed by atoms with Crippen LogP contribution in [0.15, 0.2) is 0 Å². The second-order valence-corrected chi connectivity index (χ2v) is 4.90. The predicted molar refractivity (Wildman–Crippen MR) is 63.6 cm³/mol.